The highest BCUT2D eigenvalue weighted by Gasteiger charge is 2.10. The summed E-state index contributed by atoms with van der Waals surface area (Å²) in [7, 11) is 1.69. The Hall–Kier alpha value is -2.23. The number of nitrogens with two attached hydrogens (primary N) is 1. The van der Waals surface area contributed by atoms with Gasteiger partial charge in [0.05, 0.1) is 13.7 Å². The molecule has 4 heteroatoms. The molecule has 3 nitrogen and oxygen atoms in total. The second kappa shape index (κ2) is 8.24. The molecule has 0 atom stereocenters. The molecule has 0 unspecified atom stereocenters. The third-order valence-corrected chi connectivity index (χ3v) is 4.75. The minimum atomic E-state index is 0.765. The molecule has 0 aliphatic rings. The maximum atomic E-state index is 6.19. The van der Waals surface area contributed by atoms with Crippen molar-refractivity contribution in [2.24, 2.45) is 0 Å². The third-order valence-electron chi connectivity index (χ3n) is 4.34. The van der Waals surface area contributed by atoms with Gasteiger partial charge in [0.15, 0.2) is 5.76 Å². The van der Waals surface area contributed by atoms with Crippen LogP contribution in [-0.2, 0) is 13.0 Å². The van der Waals surface area contributed by atoms with Crippen LogP contribution in [0, 0.1) is 6.92 Å². The number of halogens is 1. The smallest absolute Gasteiger partial charge is 0.158 e. The summed E-state index contributed by atoms with van der Waals surface area (Å²) in [4.78, 5) is 0. The number of hydrogen-bond donors (Lipinski definition) is 1. The largest absolute Gasteiger partial charge is 0.497 e. The Labute approximate surface area is 153 Å². The van der Waals surface area contributed by atoms with E-state index >= 15 is 0 Å². The van der Waals surface area contributed by atoms with E-state index in [4.69, 9.17) is 20.8 Å². The normalized spacial score (nSPS) is 10.8. The van der Waals surface area contributed by atoms with Crippen molar-refractivity contribution in [2.75, 3.05) is 13.7 Å². The van der Waals surface area contributed by atoms with Gasteiger partial charge >= 0.3 is 0 Å². The second-order valence-corrected chi connectivity index (χ2v) is 6.47. The zero-order chi connectivity index (χ0) is 17.6. The molecule has 1 heterocycles. The quantitative estimate of drug-likeness (QED) is 0.644. The Bertz CT molecular complexity index is 824. The summed E-state index contributed by atoms with van der Waals surface area (Å²) in [5, 5.41) is 3.03. The van der Waals surface area contributed by atoms with E-state index in [0.29, 0.717) is 0 Å². The number of quaternary nitrogens is 1. The van der Waals surface area contributed by atoms with Crippen LogP contribution in [0.4, 0.5) is 0 Å². The zero-order valence-corrected chi connectivity index (χ0v) is 15.3. The molecule has 0 fully saturated rings. The van der Waals surface area contributed by atoms with E-state index in [1.54, 1.807) is 7.11 Å². The predicted molar refractivity (Wildman–Crippen MR) is 101 cm³/mol. The number of ether oxygens (including phenoxy) is 1. The first-order valence-electron chi connectivity index (χ1n) is 8.46. The fourth-order valence-corrected chi connectivity index (χ4v) is 2.99. The van der Waals surface area contributed by atoms with Gasteiger partial charge in [0.2, 0.25) is 0 Å². The van der Waals surface area contributed by atoms with Crippen molar-refractivity contribution in [3.63, 3.8) is 0 Å². The van der Waals surface area contributed by atoms with Crippen LogP contribution in [-0.4, -0.2) is 13.7 Å². The average molecular weight is 357 g/mol. The lowest BCUT2D eigenvalue weighted by atomic mass is 10.1. The van der Waals surface area contributed by atoms with Gasteiger partial charge in [-0.05, 0) is 48.4 Å². The Morgan fingerprint density at radius 1 is 1.04 bits per heavy atom. The molecule has 0 bridgehead atoms. The molecule has 3 aromatic rings. The van der Waals surface area contributed by atoms with E-state index < -0.39 is 0 Å². The molecule has 130 valence electrons. The molecule has 2 aromatic carbocycles. The highest BCUT2D eigenvalue weighted by atomic mass is 35.5. The van der Waals surface area contributed by atoms with Crippen molar-refractivity contribution in [1.82, 2.24) is 0 Å². The van der Waals surface area contributed by atoms with Gasteiger partial charge in [0.25, 0.3) is 0 Å². The highest BCUT2D eigenvalue weighted by molar-refractivity contribution is 6.31. The number of hydrogen-bond acceptors (Lipinski definition) is 2. The van der Waals surface area contributed by atoms with Crippen LogP contribution < -0.4 is 10.1 Å². The molecule has 2 N–H and O–H groups in total. The fourth-order valence-electron chi connectivity index (χ4n) is 2.81. The van der Waals surface area contributed by atoms with Gasteiger partial charge in [-0.2, -0.15) is 0 Å². The predicted octanol–water partition coefficient (Wildman–Crippen LogP) is 4.22. The summed E-state index contributed by atoms with van der Waals surface area (Å²) in [5.74, 6) is 2.75. The molecule has 0 amide bonds. The van der Waals surface area contributed by atoms with Crippen molar-refractivity contribution < 1.29 is 14.5 Å². The molecular formula is C21H23ClNO2+. The topological polar surface area (TPSA) is 39.0 Å². The van der Waals surface area contributed by atoms with E-state index in [1.807, 2.05) is 49.4 Å². The first-order chi connectivity index (χ1) is 12.2. The molecule has 0 radical (unpaired) electrons. The first-order valence-corrected chi connectivity index (χ1v) is 8.84. The molecular weight excluding hydrogens is 334 g/mol. The molecule has 0 aliphatic carbocycles. The van der Waals surface area contributed by atoms with Gasteiger partial charge in [0.1, 0.15) is 18.1 Å². The number of methoxy groups -OCH3 is 1. The summed E-state index contributed by atoms with van der Waals surface area (Å²) in [6.45, 7) is 3.86. The number of furan rings is 1. The Balaban J connectivity index is 1.52. The fraction of sp³-hybridized carbons (Fsp3) is 0.238. The Morgan fingerprint density at radius 3 is 2.60 bits per heavy atom. The molecule has 3 rings (SSSR count). The minimum absolute atomic E-state index is 0.765. The Kier molecular flexibility index (Phi) is 5.79. The molecule has 1 aromatic heterocycles. The third kappa shape index (κ3) is 4.44. The number of benzene rings is 2. The number of rotatable bonds is 7. The lowest BCUT2D eigenvalue weighted by Crippen LogP contribution is -2.83. The van der Waals surface area contributed by atoms with Gasteiger partial charge in [-0.3, -0.25) is 0 Å². The lowest BCUT2D eigenvalue weighted by Gasteiger charge is -2.04. The van der Waals surface area contributed by atoms with Crippen LogP contribution in [0.15, 0.2) is 59.0 Å². The summed E-state index contributed by atoms with van der Waals surface area (Å²) in [5.41, 5.74) is 3.41. The van der Waals surface area contributed by atoms with Gasteiger partial charge in [-0.15, -0.1) is 0 Å². The average Bonchev–Trinajstić information content (AvgIpc) is 3.10. The van der Waals surface area contributed by atoms with Crippen LogP contribution in [0.3, 0.4) is 0 Å². The summed E-state index contributed by atoms with van der Waals surface area (Å²) < 4.78 is 11.2. The molecule has 0 saturated carbocycles. The van der Waals surface area contributed by atoms with Crippen LogP contribution in [0.1, 0.15) is 16.9 Å². The standard InChI is InChI=1S/C21H22ClNO2/c1-15-19(4-3-5-20(15)22)21-11-10-18(25-21)14-23-13-12-16-6-8-17(24-2)9-7-16/h3-11,23H,12-14H2,1-2H3/p+1. The molecule has 0 spiro atoms. The van der Waals surface area contributed by atoms with Crippen molar-refractivity contribution in [1.29, 1.82) is 0 Å². The molecule has 0 saturated heterocycles. The monoisotopic (exact) mass is 356 g/mol. The van der Waals surface area contributed by atoms with Crippen molar-refractivity contribution in [3.8, 4) is 17.1 Å². The Morgan fingerprint density at radius 2 is 1.84 bits per heavy atom. The van der Waals surface area contributed by atoms with Gasteiger partial charge < -0.3 is 14.5 Å². The lowest BCUT2D eigenvalue weighted by molar-refractivity contribution is -0.671. The summed E-state index contributed by atoms with van der Waals surface area (Å²) >= 11 is 6.19. The van der Waals surface area contributed by atoms with E-state index in [0.717, 1.165) is 52.9 Å². The van der Waals surface area contributed by atoms with Gasteiger partial charge in [0, 0.05) is 17.0 Å². The van der Waals surface area contributed by atoms with Gasteiger partial charge in [-0.1, -0.05) is 35.9 Å². The van der Waals surface area contributed by atoms with Crippen molar-refractivity contribution in [3.05, 3.63) is 76.5 Å². The van der Waals surface area contributed by atoms with E-state index in [-0.39, 0.29) is 0 Å². The summed E-state index contributed by atoms with van der Waals surface area (Å²) in [6.07, 6.45) is 1.02. The van der Waals surface area contributed by atoms with Crippen LogP contribution in [0.25, 0.3) is 11.3 Å². The maximum absolute atomic E-state index is 6.19. The highest BCUT2D eigenvalue weighted by Crippen LogP contribution is 2.29. The maximum Gasteiger partial charge on any atom is 0.158 e. The molecule has 0 aliphatic heterocycles. The van der Waals surface area contributed by atoms with Crippen molar-refractivity contribution >= 4 is 11.6 Å². The zero-order valence-electron chi connectivity index (χ0n) is 14.6. The van der Waals surface area contributed by atoms with Crippen LogP contribution in [0.2, 0.25) is 5.02 Å². The van der Waals surface area contributed by atoms with E-state index in [2.05, 4.69) is 17.4 Å². The van der Waals surface area contributed by atoms with E-state index in [1.165, 1.54) is 5.56 Å². The van der Waals surface area contributed by atoms with Gasteiger partial charge in [-0.25, -0.2) is 0 Å². The molecule has 25 heavy (non-hydrogen) atoms. The minimum Gasteiger partial charge on any atom is -0.497 e. The van der Waals surface area contributed by atoms with E-state index in [9.17, 15) is 0 Å². The summed E-state index contributed by atoms with van der Waals surface area (Å²) in [6, 6.07) is 18.2. The first kappa shape index (κ1) is 17.6. The van der Waals surface area contributed by atoms with Crippen molar-refractivity contribution in [2.45, 2.75) is 19.9 Å². The van der Waals surface area contributed by atoms with Crippen LogP contribution >= 0.6 is 11.6 Å². The van der Waals surface area contributed by atoms with Crippen LogP contribution in [0.5, 0.6) is 5.75 Å². The second-order valence-electron chi connectivity index (χ2n) is 6.06. The SMILES string of the molecule is COc1ccc(CC[NH2+]Cc2ccc(-c3cccc(Cl)c3C)o2)cc1.